The summed E-state index contributed by atoms with van der Waals surface area (Å²) in [5, 5.41) is 19.2. The Balaban J connectivity index is 1.71. The van der Waals surface area contributed by atoms with Crippen molar-refractivity contribution in [3.8, 4) is 0 Å². The molecule has 0 saturated carbocycles. The van der Waals surface area contributed by atoms with Crippen LogP contribution in [0.2, 0.25) is 0 Å². The number of anilines is 3. The Morgan fingerprint density at radius 2 is 1.44 bits per heavy atom. The highest BCUT2D eigenvalue weighted by Gasteiger charge is 2.22. The first-order valence-corrected chi connectivity index (χ1v) is 13.3. The van der Waals surface area contributed by atoms with Crippen LogP contribution >= 0.6 is 0 Å². The summed E-state index contributed by atoms with van der Waals surface area (Å²) in [4.78, 5) is 17.5. The van der Waals surface area contributed by atoms with Gasteiger partial charge in [-0.15, -0.1) is 0 Å². The van der Waals surface area contributed by atoms with Crippen molar-refractivity contribution in [1.82, 2.24) is 0 Å². The van der Waals surface area contributed by atoms with E-state index in [1.54, 1.807) is 6.08 Å². The molecular formula is C30H40N4O2. The molecule has 0 saturated heterocycles. The van der Waals surface area contributed by atoms with E-state index in [2.05, 4.69) is 35.0 Å². The maximum absolute atomic E-state index is 12.8. The van der Waals surface area contributed by atoms with Crippen molar-refractivity contribution in [2.75, 3.05) is 35.6 Å². The third-order valence-corrected chi connectivity index (χ3v) is 6.04. The zero-order valence-electron chi connectivity index (χ0n) is 21.4. The van der Waals surface area contributed by atoms with Crippen molar-refractivity contribution < 1.29 is 9.90 Å². The fraction of sp³-hybridized carbons (Fsp3) is 0.400. The number of carbonyl (C=O) groups is 1. The van der Waals surface area contributed by atoms with E-state index in [-0.39, 0.29) is 12.4 Å². The maximum Gasteiger partial charge on any atom is 0.206 e. The fourth-order valence-corrected chi connectivity index (χ4v) is 4.00. The summed E-state index contributed by atoms with van der Waals surface area (Å²) in [6.45, 7) is 4.02. The van der Waals surface area contributed by atoms with Crippen LogP contribution in [-0.4, -0.2) is 36.3 Å². The molecule has 4 N–H and O–H groups in total. The van der Waals surface area contributed by atoms with Crippen LogP contribution in [0.4, 0.5) is 17.1 Å². The molecule has 0 heterocycles. The van der Waals surface area contributed by atoms with E-state index in [0.29, 0.717) is 18.0 Å². The van der Waals surface area contributed by atoms with Gasteiger partial charge in [-0.05, 0) is 67.8 Å². The van der Waals surface area contributed by atoms with Gasteiger partial charge in [-0.2, -0.15) is 0 Å². The molecule has 0 aliphatic heterocycles. The number of carbonyl (C=O) groups excluding carboxylic acids is 1. The lowest BCUT2D eigenvalue weighted by molar-refractivity contribution is -0.108. The predicted octanol–water partition coefficient (Wildman–Crippen LogP) is 6.55. The number of hydrogen-bond donors (Lipinski definition) is 4. The van der Waals surface area contributed by atoms with Crippen LogP contribution < -0.4 is 16.0 Å². The number of aliphatic hydroxyl groups excluding tert-OH is 1. The van der Waals surface area contributed by atoms with Crippen LogP contribution in [0, 0.1) is 0 Å². The fourth-order valence-electron chi connectivity index (χ4n) is 4.00. The normalized spacial score (nSPS) is 14.4. The van der Waals surface area contributed by atoms with E-state index < -0.39 is 0 Å². The zero-order valence-corrected chi connectivity index (χ0v) is 21.4. The molecule has 0 atom stereocenters. The number of nitrogens with one attached hydrogen (secondary N) is 3. The minimum atomic E-state index is -0.0759. The van der Waals surface area contributed by atoms with Gasteiger partial charge in [-0.1, -0.05) is 57.2 Å². The van der Waals surface area contributed by atoms with Crippen molar-refractivity contribution in [2.45, 2.75) is 58.3 Å². The van der Waals surface area contributed by atoms with Crippen molar-refractivity contribution in [1.29, 1.82) is 0 Å². The summed E-state index contributed by atoms with van der Waals surface area (Å²) < 4.78 is 0. The molecule has 0 unspecified atom stereocenters. The molecule has 2 aromatic rings. The number of aliphatic imine (C=N–C) groups is 1. The number of para-hydroxylation sites is 1. The lowest BCUT2D eigenvalue weighted by Gasteiger charge is -2.21. The van der Waals surface area contributed by atoms with Gasteiger partial charge in [-0.3, -0.25) is 9.79 Å². The van der Waals surface area contributed by atoms with Crippen LogP contribution in [-0.2, 0) is 4.79 Å². The smallest absolute Gasteiger partial charge is 0.206 e. The zero-order chi connectivity index (χ0) is 25.4. The topological polar surface area (TPSA) is 85.8 Å². The van der Waals surface area contributed by atoms with Crippen LogP contribution in [0.5, 0.6) is 0 Å². The molecule has 0 fully saturated rings. The summed E-state index contributed by atoms with van der Waals surface area (Å²) in [5.74, 6) is -0.0759. The molecule has 0 radical (unpaired) electrons. The first-order valence-electron chi connectivity index (χ1n) is 13.3. The van der Waals surface area contributed by atoms with Gasteiger partial charge in [0.05, 0.1) is 11.4 Å². The molecule has 6 nitrogen and oxygen atoms in total. The highest BCUT2D eigenvalue weighted by atomic mass is 16.2. The summed E-state index contributed by atoms with van der Waals surface area (Å²) in [6.07, 6.45) is 12.0. The van der Waals surface area contributed by atoms with Gasteiger partial charge >= 0.3 is 0 Å². The third kappa shape index (κ3) is 9.00. The number of hydrogen-bond acceptors (Lipinski definition) is 6. The summed E-state index contributed by atoms with van der Waals surface area (Å²) in [7, 11) is 0. The van der Waals surface area contributed by atoms with Gasteiger partial charge in [0.15, 0.2) is 0 Å². The molecule has 1 aliphatic rings. The van der Waals surface area contributed by atoms with Gasteiger partial charge in [0.25, 0.3) is 0 Å². The Hall–Kier alpha value is -3.38. The Morgan fingerprint density at radius 3 is 2.19 bits per heavy atom. The largest absolute Gasteiger partial charge is 0.396 e. The second-order valence-electron chi connectivity index (χ2n) is 9.04. The lowest BCUT2D eigenvalue weighted by atomic mass is 10.0. The van der Waals surface area contributed by atoms with E-state index in [9.17, 15) is 4.79 Å². The van der Waals surface area contributed by atoms with Crippen molar-refractivity contribution in [3.05, 3.63) is 78.1 Å². The molecule has 0 spiro atoms. The van der Waals surface area contributed by atoms with Gasteiger partial charge in [-0.25, -0.2) is 0 Å². The highest BCUT2D eigenvalue weighted by molar-refractivity contribution is 6.51. The van der Waals surface area contributed by atoms with E-state index in [1.807, 2.05) is 48.5 Å². The van der Waals surface area contributed by atoms with Crippen molar-refractivity contribution >= 4 is 28.6 Å². The first kappa shape index (κ1) is 27.2. The molecule has 2 aromatic carbocycles. The molecule has 0 aromatic heterocycles. The third-order valence-electron chi connectivity index (χ3n) is 6.04. The number of allylic oxidation sites excluding steroid dienone is 3. The van der Waals surface area contributed by atoms with E-state index in [4.69, 9.17) is 10.1 Å². The van der Waals surface area contributed by atoms with Gasteiger partial charge < -0.3 is 21.1 Å². The van der Waals surface area contributed by atoms with Crippen molar-refractivity contribution in [3.63, 3.8) is 0 Å². The van der Waals surface area contributed by atoms with Gasteiger partial charge in [0.2, 0.25) is 5.78 Å². The van der Waals surface area contributed by atoms with Crippen molar-refractivity contribution in [2.24, 2.45) is 4.99 Å². The monoisotopic (exact) mass is 488 g/mol. The average Bonchev–Trinajstić information content (AvgIpc) is 2.90. The van der Waals surface area contributed by atoms with Gasteiger partial charge in [0.1, 0.15) is 5.71 Å². The van der Waals surface area contributed by atoms with Gasteiger partial charge in [0, 0.05) is 36.8 Å². The maximum atomic E-state index is 12.8. The van der Waals surface area contributed by atoms with E-state index in [1.165, 1.54) is 12.8 Å². The number of benzene rings is 2. The molecular weight excluding hydrogens is 448 g/mol. The lowest BCUT2D eigenvalue weighted by Crippen LogP contribution is -2.27. The second kappa shape index (κ2) is 15.6. The van der Waals surface area contributed by atoms with Crippen LogP contribution in [0.3, 0.4) is 0 Å². The van der Waals surface area contributed by atoms with Crippen LogP contribution in [0.15, 0.2) is 83.1 Å². The minimum absolute atomic E-state index is 0.0759. The Kier molecular flexibility index (Phi) is 11.8. The molecule has 0 amide bonds. The Labute approximate surface area is 215 Å². The van der Waals surface area contributed by atoms with Crippen LogP contribution in [0.25, 0.3) is 0 Å². The van der Waals surface area contributed by atoms with Crippen LogP contribution in [0.1, 0.15) is 58.3 Å². The first-order chi connectivity index (χ1) is 17.7. The standard InChI is InChI=1S/C30H40N4O2/c1-2-3-4-10-22-32-30-28(36)20-19-27(29(30)34-25-13-8-7-9-14-25)33-26-17-15-24(16-18-26)31-21-11-5-6-12-23-35/h7-9,13-20,31,33-35H,2-6,10-12,21-23H2,1H3. The summed E-state index contributed by atoms with van der Waals surface area (Å²) >= 11 is 0. The molecule has 3 rings (SSSR count). The quantitative estimate of drug-likeness (QED) is 0.159. The Bertz CT molecular complexity index is 1030. The SMILES string of the molecule is CCCCCCN=C1C(=O)C=CC(Nc2ccc(NCCCCCCO)cc2)=C1Nc1ccccc1. The Morgan fingerprint density at radius 1 is 0.750 bits per heavy atom. The highest BCUT2D eigenvalue weighted by Crippen LogP contribution is 2.23. The number of nitrogens with zero attached hydrogens (tertiary/aromatic N) is 1. The predicted molar refractivity (Wildman–Crippen MR) is 152 cm³/mol. The summed E-state index contributed by atoms with van der Waals surface area (Å²) in [6, 6.07) is 18.1. The molecule has 1 aliphatic carbocycles. The molecule has 6 heteroatoms. The van der Waals surface area contributed by atoms with E-state index >= 15 is 0 Å². The molecule has 36 heavy (non-hydrogen) atoms. The summed E-state index contributed by atoms with van der Waals surface area (Å²) in [5.41, 5.74) is 4.91. The average molecular weight is 489 g/mol. The minimum Gasteiger partial charge on any atom is -0.396 e. The number of aliphatic hydroxyl groups is 1. The molecule has 192 valence electrons. The van der Waals surface area contributed by atoms with E-state index in [0.717, 1.165) is 67.8 Å². The number of rotatable bonds is 16. The number of unbranched alkanes of at least 4 members (excludes halogenated alkanes) is 6. The second-order valence-corrected chi connectivity index (χ2v) is 9.04. The number of ketones is 1. The molecule has 0 bridgehead atoms.